The Labute approximate surface area is 187 Å². The van der Waals surface area contributed by atoms with Crippen molar-refractivity contribution in [2.24, 2.45) is 0 Å². The Bertz CT molecular complexity index is 934. The van der Waals surface area contributed by atoms with E-state index in [4.69, 9.17) is 0 Å². The molecule has 0 bridgehead atoms. The summed E-state index contributed by atoms with van der Waals surface area (Å²) in [5, 5.41) is 1.26. The fraction of sp³-hybridized carbons (Fsp3) is 0.353. The minimum Gasteiger partial charge on any atom is -0.754 e. The fourth-order valence-corrected chi connectivity index (χ4v) is 4.12. The number of nitrogens with zero attached hydrogens (tertiary/aromatic N) is 1. The van der Waals surface area contributed by atoms with Crippen molar-refractivity contribution in [2.45, 2.75) is 38.0 Å². The van der Waals surface area contributed by atoms with Crippen LogP contribution in [0.5, 0.6) is 0 Å². The molecule has 24 heavy (non-hydrogen) atoms. The van der Waals surface area contributed by atoms with E-state index in [0.717, 1.165) is 28.9 Å². The zero-order valence-corrected chi connectivity index (χ0v) is 19.9. The van der Waals surface area contributed by atoms with Crippen molar-refractivity contribution in [3.8, 4) is 0 Å². The Morgan fingerprint density at radius 3 is 2.38 bits per heavy atom. The van der Waals surface area contributed by atoms with Gasteiger partial charge < -0.3 is 4.55 Å². The largest absolute Gasteiger partial charge is 1.00 e. The molecule has 1 heterocycles. The van der Waals surface area contributed by atoms with Gasteiger partial charge in [-0.2, -0.15) is 22.8 Å². The second kappa shape index (κ2) is 7.49. The molecule has 0 spiro atoms. The van der Waals surface area contributed by atoms with Gasteiger partial charge in [0.15, 0.2) is 5.71 Å². The predicted molar refractivity (Wildman–Crippen MR) is 84.9 cm³/mol. The molecule has 7 heteroatoms. The maximum atomic E-state index is 11.7. The van der Waals surface area contributed by atoms with Gasteiger partial charge in [0.2, 0.25) is 5.69 Å². The molecule has 116 valence electrons. The summed E-state index contributed by atoms with van der Waals surface area (Å²) in [7, 11) is -4.55. The monoisotopic (exact) mass is 362 g/mol. The normalized spacial score (nSPS) is 15.7. The van der Waals surface area contributed by atoms with Crippen LogP contribution in [-0.4, -0.2) is 29.8 Å². The molecule has 1 aliphatic rings. The van der Waals surface area contributed by atoms with Crippen LogP contribution in [0, 0.1) is 6.07 Å². The van der Waals surface area contributed by atoms with E-state index in [-0.39, 0.29) is 69.4 Å². The number of rotatable bonds is 2. The molecule has 0 saturated carbocycles. The first-order valence-corrected chi connectivity index (χ1v) is 8.65. The molecular formula is C17H18NNa2O3S+. The second-order valence-electron chi connectivity index (χ2n) is 6.15. The molecule has 2 aromatic carbocycles. The van der Waals surface area contributed by atoms with Gasteiger partial charge in [0.1, 0.15) is 6.54 Å². The van der Waals surface area contributed by atoms with E-state index < -0.39 is 10.1 Å². The molecule has 0 radical (unpaired) electrons. The van der Waals surface area contributed by atoms with Gasteiger partial charge in [0, 0.05) is 12.5 Å². The van der Waals surface area contributed by atoms with Gasteiger partial charge in [-0.15, -0.1) is 16.8 Å². The van der Waals surface area contributed by atoms with Crippen molar-refractivity contribution in [3.63, 3.8) is 0 Å². The maximum Gasteiger partial charge on any atom is 1.00 e. The third kappa shape index (κ3) is 3.30. The van der Waals surface area contributed by atoms with Crippen LogP contribution in [0.4, 0.5) is 5.69 Å². The summed E-state index contributed by atoms with van der Waals surface area (Å²) >= 11 is 0. The van der Waals surface area contributed by atoms with E-state index in [1.54, 1.807) is 6.07 Å². The van der Waals surface area contributed by atoms with Crippen molar-refractivity contribution < 1.29 is 76.7 Å². The number of hydrogen-bond acceptors (Lipinski definition) is 3. The van der Waals surface area contributed by atoms with Gasteiger partial charge in [-0.1, -0.05) is 0 Å². The summed E-state index contributed by atoms with van der Waals surface area (Å²) in [6.45, 7) is 9.03. The smallest absolute Gasteiger partial charge is 0.754 e. The first-order chi connectivity index (χ1) is 10.2. The zero-order chi connectivity index (χ0) is 16.3. The third-order valence-electron chi connectivity index (χ3n) is 4.73. The molecule has 0 amide bonds. The van der Waals surface area contributed by atoms with Crippen LogP contribution >= 0.6 is 0 Å². The fourth-order valence-electron chi connectivity index (χ4n) is 3.43. The van der Waals surface area contributed by atoms with Crippen molar-refractivity contribution in [2.75, 3.05) is 6.54 Å². The van der Waals surface area contributed by atoms with Gasteiger partial charge in [0.05, 0.1) is 15.5 Å². The number of fused-ring (bicyclic) bond motifs is 3. The van der Waals surface area contributed by atoms with Crippen LogP contribution in [0.25, 0.3) is 10.8 Å². The SMILES string of the molecule is CC[N+]1=C(C)C(C)(C)c2c1ccc1c[c-]cc(S(=O)(=O)[O-])c21.[Na+].[Na+]. The molecule has 4 nitrogen and oxygen atoms in total. The number of hydrogen-bond donors (Lipinski definition) is 0. The minimum atomic E-state index is -4.55. The average molecular weight is 362 g/mol. The molecule has 2 aromatic rings. The Balaban J connectivity index is 0.00000144. The van der Waals surface area contributed by atoms with Crippen LogP contribution in [0.3, 0.4) is 0 Å². The van der Waals surface area contributed by atoms with Gasteiger partial charge in [-0.05, 0) is 31.7 Å². The summed E-state index contributed by atoms with van der Waals surface area (Å²) in [4.78, 5) is -0.180. The standard InChI is InChI=1S/C17H19NO3S.2Na/c1-5-18-11(2)17(3,4)16-13(18)10-9-12-7-6-8-14(15(12)16)22(19,20)21;;/h7-10H,5H2,1-4H3,(H,19,20,21);;/q;2*+1/p-1. The maximum absolute atomic E-state index is 11.7. The summed E-state index contributed by atoms with van der Waals surface area (Å²) in [5.74, 6) is 0. The van der Waals surface area contributed by atoms with E-state index in [9.17, 15) is 13.0 Å². The molecule has 0 aliphatic carbocycles. The predicted octanol–water partition coefficient (Wildman–Crippen LogP) is -3.03. The van der Waals surface area contributed by atoms with Gasteiger partial charge in [-0.25, -0.2) is 0 Å². The summed E-state index contributed by atoms with van der Waals surface area (Å²) in [6.07, 6.45) is 0. The molecule has 1 aliphatic heterocycles. The zero-order valence-electron chi connectivity index (χ0n) is 15.1. The Morgan fingerprint density at radius 1 is 1.21 bits per heavy atom. The molecular weight excluding hydrogens is 344 g/mol. The van der Waals surface area contributed by atoms with Crippen molar-refractivity contribution >= 4 is 32.3 Å². The molecule has 3 rings (SSSR count). The van der Waals surface area contributed by atoms with E-state index in [1.165, 1.54) is 6.07 Å². The van der Waals surface area contributed by atoms with E-state index in [0.29, 0.717) is 5.39 Å². The quantitative estimate of drug-likeness (QED) is 0.247. The molecule has 0 saturated heterocycles. The Morgan fingerprint density at radius 2 is 1.83 bits per heavy atom. The van der Waals surface area contributed by atoms with Crippen molar-refractivity contribution in [1.29, 1.82) is 0 Å². The van der Waals surface area contributed by atoms with E-state index in [1.807, 2.05) is 12.1 Å². The summed E-state index contributed by atoms with van der Waals surface area (Å²) < 4.78 is 37.3. The first-order valence-electron chi connectivity index (χ1n) is 7.24. The molecule has 0 unspecified atom stereocenters. The topological polar surface area (TPSA) is 60.2 Å². The first kappa shape index (κ1) is 22.3. The second-order valence-corrected chi connectivity index (χ2v) is 7.50. The minimum absolute atomic E-state index is 0. The van der Waals surface area contributed by atoms with Crippen LogP contribution < -0.4 is 59.1 Å². The number of benzene rings is 2. The Hall–Kier alpha value is 0.280. The summed E-state index contributed by atoms with van der Waals surface area (Å²) in [5.41, 5.74) is 2.71. The van der Waals surface area contributed by atoms with Crippen LogP contribution in [0.1, 0.15) is 33.3 Å². The van der Waals surface area contributed by atoms with Crippen LogP contribution in [0.2, 0.25) is 0 Å². The van der Waals surface area contributed by atoms with Crippen molar-refractivity contribution in [1.82, 2.24) is 0 Å². The van der Waals surface area contributed by atoms with Crippen LogP contribution in [-0.2, 0) is 15.5 Å². The van der Waals surface area contributed by atoms with Crippen molar-refractivity contribution in [3.05, 3.63) is 35.9 Å². The molecule has 0 aromatic heterocycles. The Kier molecular flexibility index (Phi) is 6.97. The van der Waals surface area contributed by atoms with E-state index in [2.05, 4.69) is 38.3 Å². The van der Waals surface area contributed by atoms with Crippen LogP contribution in [0.15, 0.2) is 29.2 Å². The summed E-state index contributed by atoms with van der Waals surface area (Å²) in [6, 6.07) is 9.63. The van der Waals surface area contributed by atoms with E-state index >= 15 is 0 Å². The van der Waals surface area contributed by atoms with Gasteiger partial charge in [0.25, 0.3) is 0 Å². The molecule has 0 N–H and O–H groups in total. The average Bonchev–Trinajstić information content (AvgIpc) is 2.64. The third-order valence-corrected chi connectivity index (χ3v) is 5.59. The molecule has 0 fully saturated rings. The van der Waals surface area contributed by atoms with Gasteiger partial charge >= 0.3 is 59.1 Å². The van der Waals surface area contributed by atoms with Gasteiger partial charge in [-0.3, -0.25) is 8.42 Å². The molecule has 0 atom stereocenters.